The van der Waals surface area contributed by atoms with Crippen LogP contribution in [-0.2, 0) is 10.7 Å². The summed E-state index contributed by atoms with van der Waals surface area (Å²) in [5, 5.41) is 0. The van der Waals surface area contributed by atoms with E-state index in [2.05, 4.69) is 0 Å². The minimum Gasteiger partial charge on any atom is -0.496 e. The fraction of sp³-hybridized carbons (Fsp3) is 0.333. The van der Waals surface area contributed by atoms with Gasteiger partial charge < -0.3 is 9.47 Å². The third-order valence-electron chi connectivity index (χ3n) is 1.75. The summed E-state index contributed by atoms with van der Waals surface area (Å²) < 4.78 is 20.7. The van der Waals surface area contributed by atoms with Crippen LogP contribution >= 0.6 is 8.46 Å². The van der Waals surface area contributed by atoms with Gasteiger partial charge in [0.25, 0.3) is 0 Å². The van der Waals surface area contributed by atoms with Crippen molar-refractivity contribution in [1.82, 2.24) is 0 Å². The lowest BCUT2D eigenvalue weighted by atomic mass is 10.2. The smallest absolute Gasteiger partial charge is 0.160 e. The maximum Gasteiger partial charge on any atom is 0.160 e. The molecule has 1 aromatic carbocycles. The predicted molar refractivity (Wildman–Crippen MR) is 50.9 cm³/mol. The molecule has 0 heterocycles. The van der Waals surface area contributed by atoms with Gasteiger partial charge in [0, 0.05) is 5.56 Å². The van der Waals surface area contributed by atoms with E-state index in [4.69, 9.17) is 9.47 Å². The lowest BCUT2D eigenvalue weighted by molar-refractivity contribution is 0.388. The van der Waals surface area contributed by atoms with Crippen molar-refractivity contribution >= 4 is 8.46 Å². The molecule has 0 amide bonds. The second-order valence-corrected chi connectivity index (χ2v) is 3.00. The summed E-state index contributed by atoms with van der Waals surface area (Å²) in [6.07, 6.45) is 0.410. The molecule has 0 fully saturated rings. The van der Waals surface area contributed by atoms with Crippen LogP contribution in [0.4, 0.5) is 0 Å². The van der Waals surface area contributed by atoms with Gasteiger partial charge in [0.1, 0.15) is 11.5 Å². The average molecular weight is 198 g/mol. The monoisotopic (exact) mass is 198 g/mol. The van der Waals surface area contributed by atoms with Crippen molar-refractivity contribution in [2.75, 3.05) is 14.2 Å². The zero-order valence-corrected chi connectivity index (χ0v) is 8.51. The van der Waals surface area contributed by atoms with E-state index in [-0.39, 0.29) is 8.46 Å². The van der Waals surface area contributed by atoms with E-state index in [9.17, 15) is 4.57 Å². The fourth-order valence-corrected chi connectivity index (χ4v) is 1.59. The van der Waals surface area contributed by atoms with Crippen molar-refractivity contribution in [3.63, 3.8) is 0 Å². The molecule has 0 aliphatic rings. The molecular weight excluding hydrogens is 187 g/mol. The van der Waals surface area contributed by atoms with Crippen LogP contribution < -0.4 is 9.47 Å². The van der Waals surface area contributed by atoms with E-state index in [1.54, 1.807) is 14.2 Å². The van der Waals surface area contributed by atoms with Crippen LogP contribution in [0.1, 0.15) is 5.56 Å². The largest absolute Gasteiger partial charge is 0.496 e. The van der Waals surface area contributed by atoms with E-state index in [1.807, 2.05) is 18.2 Å². The first kappa shape index (κ1) is 10.0. The Morgan fingerprint density at radius 2 is 1.77 bits per heavy atom. The van der Waals surface area contributed by atoms with Gasteiger partial charge in [0.05, 0.1) is 20.4 Å². The predicted octanol–water partition coefficient (Wildman–Crippen LogP) is 2.50. The molecule has 0 aliphatic heterocycles. The third-order valence-corrected chi connectivity index (χ3v) is 2.20. The summed E-state index contributed by atoms with van der Waals surface area (Å²) >= 11 is 0. The molecule has 13 heavy (non-hydrogen) atoms. The summed E-state index contributed by atoms with van der Waals surface area (Å²) in [6.45, 7) is 0. The SMILES string of the molecule is COc1cccc(OC)c1CP=O. The molecule has 1 rings (SSSR count). The van der Waals surface area contributed by atoms with Crippen LogP contribution in [-0.4, -0.2) is 14.2 Å². The Morgan fingerprint density at radius 1 is 1.23 bits per heavy atom. The van der Waals surface area contributed by atoms with Crippen LogP contribution in [0.3, 0.4) is 0 Å². The maximum absolute atomic E-state index is 10.5. The molecule has 0 radical (unpaired) electrons. The number of methoxy groups -OCH3 is 2. The van der Waals surface area contributed by atoms with Gasteiger partial charge >= 0.3 is 0 Å². The highest BCUT2D eigenvalue weighted by molar-refractivity contribution is 7.22. The number of ether oxygens (including phenoxy) is 2. The van der Waals surface area contributed by atoms with Crippen molar-refractivity contribution in [3.8, 4) is 11.5 Å². The van der Waals surface area contributed by atoms with Gasteiger partial charge in [-0.3, -0.25) is 4.57 Å². The zero-order valence-electron chi connectivity index (χ0n) is 7.61. The number of benzene rings is 1. The average Bonchev–Trinajstić information content (AvgIpc) is 2.18. The highest BCUT2D eigenvalue weighted by Crippen LogP contribution is 2.30. The van der Waals surface area contributed by atoms with Gasteiger partial charge in [0.15, 0.2) is 8.46 Å². The van der Waals surface area contributed by atoms with E-state index >= 15 is 0 Å². The highest BCUT2D eigenvalue weighted by atomic mass is 31.1. The molecule has 0 bridgehead atoms. The Hall–Kier alpha value is -1.08. The molecule has 0 saturated carbocycles. The maximum atomic E-state index is 10.5. The van der Waals surface area contributed by atoms with Crippen molar-refractivity contribution in [2.24, 2.45) is 0 Å². The Morgan fingerprint density at radius 3 is 2.15 bits per heavy atom. The van der Waals surface area contributed by atoms with Gasteiger partial charge in [-0.2, -0.15) is 0 Å². The number of hydrogen-bond acceptors (Lipinski definition) is 3. The number of hydrogen-bond donors (Lipinski definition) is 0. The summed E-state index contributed by atoms with van der Waals surface area (Å²) in [5.74, 6) is 1.42. The molecular formula is C9H11O3P. The molecule has 0 unspecified atom stereocenters. The van der Waals surface area contributed by atoms with Crippen LogP contribution in [0.5, 0.6) is 11.5 Å². The van der Waals surface area contributed by atoms with E-state index in [0.29, 0.717) is 17.7 Å². The minimum absolute atomic E-state index is 0.0639. The van der Waals surface area contributed by atoms with Gasteiger partial charge in [-0.1, -0.05) is 6.07 Å². The molecule has 70 valence electrons. The van der Waals surface area contributed by atoms with Gasteiger partial charge in [-0.25, -0.2) is 0 Å². The minimum atomic E-state index is 0.0639. The zero-order chi connectivity index (χ0) is 9.68. The first-order valence-corrected chi connectivity index (χ1v) is 4.82. The van der Waals surface area contributed by atoms with Crippen molar-refractivity contribution in [3.05, 3.63) is 23.8 Å². The van der Waals surface area contributed by atoms with Gasteiger partial charge in [-0.05, 0) is 12.1 Å². The first-order valence-electron chi connectivity index (χ1n) is 3.82. The summed E-state index contributed by atoms with van der Waals surface area (Å²) in [7, 11) is 3.23. The Bertz CT molecular complexity index is 277. The third kappa shape index (κ3) is 2.19. The lowest BCUT2D eigenvalue weighted by Crippen LogP contribution is -1.93. The standard InChI is InChI=1S/C9H11O3P/c1-11-8-4-3-5-9(12-2)7(8)6-13-10/h3-5H,6H2,1-2H3. The van der Waals surface area contributed by atoms with Crippen LogP contribution in [0, 0.1) is 0 Å². The van der Waals surface area contributed by atoms with Crippen LogP contribution in [0.15, 0.2) is 18.2 Å². The summed E-state index contributed by atoms with van der Waals surface area (Å²) in [4.78, 5) is 0. The Balaban J connectivity index is 3.12. The van der Waals surface area contributed by atoms with Crippen LogP contribution in [0.2, 0.25) is 0 Å². The van der Waals surface area contributed by atoms with Gasteiger partial charge in [0.2, 0.25) is 0 Å². The Labute approximate surface area is 78.9 Å². The van der Waals surface area contributed by atoms with E-state index < -0.39 is 0 Å². The highest BCUT2D eigenvalue weighted by Gasteiger charge is 2.08. The molecule has 0 saturated heterocycles. The molecule has 0 aliphatic carbocycles. The Kier molecular flexibility index (Phi) is 3.71. The molecule has 4 heteroatoms. The molecule has 0 spiro atoms. The summed E-state index contributed by atoms with van der Waals surface area (Å²) in [5.41, 5.74) is 0.837. The van der Waals surface area contributed by atoms with Gasteiger partial charge in [-0.15, -0.1) is 0 Å². The molecule has 1 aromatic rings. The van der Waals surface area contributed by atoms with Crippen molar-refractivity contribution in [1.29, 1.82) is 0 Å². The second kappa shape index (κ2) is 4.83. The first-order chi connectivity index (χ1) is 6.33. The molecule has 0 atom stereocenters. The summed E-state index contributed by atoms with van der Waals surface area (Å²) in [6, 6.07) is 5.48. The normalized spacial score (nSPS) is 10.0. The van der Waals surface area contributed by atoms with Crippen molar-refractivity contribution in [2.45, 2.75) is 6.16 Å². The molecule has 0 N–H and O–H groups in total. The molecule has 3 nitrogen and oxygen atoms in total. The second-order valence-electron chi connectivity index (χ2n) is 2.43. The van der Waals surface area contributed by atoms with E-state index in [0.717, 1.165) is 5.56 Å². The quantitative estimate of drug-likeness (QED) is 0.697. The lowest BCUT2D eigenvalue weighted by Gasteiger charge is -2.09. The molecule has 0 aromatic heterocycles. The van der Waals surface area contributed by atoms with E-state index in [1.165, 1.54) is 0 Å². The van der Waals surface area contributed by atoms with Crippen molar-refractivity contribution < 1.29 is 14.0 Å². The topological polar surface area (TPSA) is 35.5 Å². The van der Waals surface area contributed by atoms with Crippen LogP contribution in [0.25, 0.3) is 0 Å². The number of rotatable bonds is 4. The fourth-order valence-electron chi connectivity index (χ4n) is 1.15.